The number of hydrogen-bond acceptors (Lipinski definition) is 3. The van der Waals surface area contributed by atoms with E-state index in [9.17, 15) is 4.79 Å². The van der Waals surface area contributed by atoms with Gasteiger partial charge in [0.25, 0.3) is 0 Å². The zero-order chi connectivity index (χ0) is 14.2. The third-order valence-electron chi connectivity index (χ3n) is 4.49. The zero-order valence-electron chi connectivity index (χ0n) is 12.9. The molecule has 4 heteroatoms. The molecule has 2 aliphatic heterocycles. The number of nitrogens with zero attached hydrogens (tertiary/aromatic N) is 1. The van der Waals surface area contributed by atoms with Gasteiger partial charge in [-0.25, -0.2) is 0 Å². The lowest BCUT2D eigenvalue weighted by atomic mass is 10.0. The minimum atomic E-state index is 0.323. The third-order valence-corrected chi connectivity index (χ3v) is 4.49. The fourth-order valence-electron chi connectivity index (χ4n) is 3.33. The highest BCUT2D eigenvalue weighted by Crippen LogP contribution is 2.19. The molecule has 1 amide bonds. The maximum absolute atomic E-state index is 12.5. The number of rotatable bonds is 6. The van der Waals surface area contributed by atoms with Crippen LogP contribution in [0.3, 0.4) is 0 Å². The van der Waals surface area contributed by atoms with Crippen molar-refractivity contribution in [3.8, 4) is 0 Å². The smallest absolute Gasteiger partial charge is 0.222 e. The average molecular weight is 282 g/mol. The number of piperidine rings is 1. The fourth-order valence-corrected chi connectivity index (χ4v) is 3.33. The normalized spacial score (nSPS) is 24.6. The van der Waals surface area contributed by atoms with Crippen LogP contribution >= 0.6 is 0 Å². The highest BCUT2D eigenvalue weighted by molar-refractivity contribution is 5.76. The van der Waals surface area contributed by atoms with Crippen LogP contribution in [0.15, 0.2) is 0 Å². The summed E-state index contributed by atoms with van der Waals surface area (Å²) >= 11 is 0. The molecule has 2 rings (SSSR count). The molecule has 0 spiro atoms. The van der Waals surface area contributed by atoms with Crippen molar-refractivity contribution in [1.29, 1.82) is 0 Å². The van der Waals surface area contributed by atoms with Gasteiger partial charge in [0, 0.05) is 25.6 Å². The lowest BCUT2D eigenvalue weighted by molar-refractivity contribution is -0.135. The molecule has 0 bridgehead atoms. The molecule has 0 saturated carbocycles. The number of amides is 1. The van der Waals surface area contributed by atoms with Gasteiger partial charge in [-0.15, -0.1) is 0 Å². The molecule has 2 fully saturated rings. The van der Waals surface area contributed by atoms with E-state index in [0.717, 1.165) is 58.3 Å². The first-order valence-electron chi connectivity index (χ1n) is 8.43. The summed E-state index contributed by atoms with van der Waals surface area (Å²) in [5, 5.41) is 3.38. The molecular formula is C16H30N2O2. The number of carbonyl (C=O) groups excluding carboxylic acids is 1. The summed E-state index contributed by atoms with van der Waals surface area (Å²) in [4.78, 5) is 14.7. The number of carbonyl (C=O) groups is 1. The van der Waals surface area contributed by atoms with Crippen molar-refractivity contribution in [3.63, 3.8) is 0 Å². The van der Waals surface area contributed by atoms with Gasteiger partial charge in [-0.2, -0.15) is 0 Å². The molecule has 0 aromatic carbocycles. The first kappa shape index (κ1) is 15.8. The second-order valence-corrected chi connectivity index (χ2v) is 6.10. The maximum Gasteiger partial charge on any atom is 0.222 e. The Morgan fingerprint density at radius 1 is 1.25 bits per heavy atom. The molecule has 1 atom stereocenters. The van der Waals surface area contributed by atoms with Crippen LogP contribution in [-0.4, -0.2) is 49.2 Å². The minimum absolute atomic E-state index is 0.323. The topological polar surface area (TPSA) is 41.6 Å². The van der Waals surface area contributed by atoms with Crippen LogP contribution in [0.2, 0.25) is 0 Å². The van der Waals surface area contributed by atoms with Crippen molar-refractivity contribution >= 4 is 5.91 Å². The van der Waals surface area contributed by atoms with Crippen molar-refractivity contribution in [2.24, 2.45) is 0 Å². The molecule has 0 aromatic heterocycles. The number of ether oxygens (including phenoxy) is 1. The van der Waals surface area contributed by atoms with E-state index in [4.69, 9.17) is 4.74 Å². The van der Waals surface area contributed by atoms with Crippen LogP contribution in [0.25, 0.3) is 0 Å². The molecule has 116 valence electrons. The molecular weight excluding hydrogens is 252 g/mol. The number of hydrogen-bond donors (Lipinski definition) is 1. The van der Waals surface area contributed by atoms with Crippen LogP contribution in [-0.2, 0) is 9.53 Å². The van der Waals surface area contributed by atoms with Gasteiger partial charge in [0.1, 0.15) is 0 Å². The van der Waals surface area contributed by atoms with E-state index in [2.05, 4.69) is 17.1 Å². The summed E-state index contributed by atoms with van der Waals surface area (Å²) in [6.45, 7) is 6.04. The van der Waals surface area contributed by atoms with Gasteiger partial charge >= 0.3 is 0 Å². The van der Waals surface area contributed by atoms with Gasteiger partial charge in [0.15, 0.2) is 0 Å². The molecule has 0 aromatic rings. The van der Waals surface area contributed by atoms with Crippen molar-refractivity contribution < 1.29 is 9.53 Å². The summed E-state index contributed by atoms with van der Waals surface area (Å²) in [5.74, 6) is 0.341. The molecule has 4 nitrogen and oxygen atoms in total. The highest BCUT2D eigenvalue weighted by atomic mass is 16.5. The van der Waals surface area contributed by atoms with Crippen molar-refractivity contribution in [3.05, 3.63) is 0 Å². The van der Waals surface area contributed by atoms with Gasteiger partial charge in [-0.3, -0.25) is 4.79 Å². The van der Waals surface area contributed by atoms with E-state index in [1.807, 2.05) is 0 Å². The molecule has 0 aliphatic carbocycles. The third kappa shape index (κ3) is 4.74. The van der Waals surface area contributed by atoms with E-state index in [-0.39, 0.29) is 0 Å². The number of nitrogens with one attached hydrogen (secondary N) is 1. The van der Waals surface area contributed by atoms with Crippen molar-refractivity contribution in [2.45, 2.75) is 70.4 Å². The standard InChI is InChI=1S/C16H30N2O2/c1-2-12-18(14-8-10-17-11-9-14)16(19)7-6-15-5-3-4-13-20-15/h14-15,17H,2-13H2,1H3. The molecule has 2 aliphatic rings. The fraction of sp³-hybridized carbons (Fsp3) is 0.938. The summed E-state index contributed by atoms with van der Waals surface area (Å²) in [5.41, 5.74) is 0. The Morgan fingerprint density at radius 3 is 2.70 bits per heavy atom. The van der Waals surface area contributed by atoms with Crippen LogP contribution < -0.4 is 5.32 Å². The van der Waals surface area contributed by atoms with Crippen molar-refractivity contribution in [2.75, 3.05) is 26.2 Å². The van der Waals surface area contributed by atoms with E-state index >= 15 is 0 Å². The maximum atomic E-state index is 12.5. The molecule has 1 N–H and O–H groups in total. The van der Waals surface area contributed by atoms with Gasteiger partial charge in [0.05, 0.1) is 6.10 Å². The molecule has 20 heavy (non-hydrogen) atoms. The first-order chi connectivity index (χ1) is 9.81. The lowest BCUT2D eigenvalue weighted by Gasteiger charge is -2.35. The Morgan fingerprint density at radius 2 is 2.05 bits per heavy atom. The van der Waals surface area contributed by atoms with Gasteiger partial charge in [0.2, 0.25) is 5.91 Å². The summed E-state index contributed by atoms with van der Waals surface area (Å²) in [7, 11) is 0. The summed E-state index contributed by atoms with van der Waals surface area (Å²) in [6, 6.07) is 0.455. The highest BCUT2D eigenvalue weighted by Gasteiger charge is 2.25. The molecule has 0 radical (unpaired) electrons. The Balaban J connectivity index is 1.79. The molecule has 2 saturated heterocycles. The second-order valence-electron chi connectivity index (χ2n) is 6.10. The van der Waals surface area contributed by atoms with E-state index in [1.165, 1.54) is 12.8 Å². The predicted molar refractivity (Wildman–Crippen MR) is 80.7 cm³/mol. The monoisotopic (exact) mass is 282 g/mol. The average Bonchev–Trinajstić information content (AvgIpc) is 2.52. The van der Waals surface area contributed by atoms with Crippen molar-refractivity contribution in [1.82, 2.24) is 10.2 Å². The Kier molecular flexibility index (Phi) is 6.80. The summed E-state index contributed by atoms with van der Waals surface area (Å²) in [6.07, 6.45) is 8.72. The van der Waals surface area contributed by atoms with Gasteiger partial charge < -0.3 is 15.0 Å². The van der Waals surface area contributed by atoms with Crippen LogP contribution in [0.5, 0.6) is 0 Å². The lowest BCUT2D eigenvalue weighted by Crippen LogP contribution is -2.46. The SMILES string of the molecule is CCCN(C(=O)CCC1CCCCO1)C1CCNCC1. The second kappa shape index (κ2) is 8.63. The van der Waals surface area contributed by atoms with E-state index in [0.29, 0.717) is 24.5 Å². The van der Waals surface area contributed by atoms with Crippen LogP contribution in [0.1, 0.15) is 58.3 Å². The van der Waals surface area contributed by atoms with Gasteiger partial charge in [-0.05, 0) is 58.0 Å². The largest absolute Gasteiger partial charge is 0.378 e. The van der Waals surface area contributed by atoms with Crippen LogP contribution in [0.4, 0.5) is 0 Å². The minimum Gasteiger partial charge on any atom is -0.378 e. The molecule has 2 heterocycles. The molecule has 1 unspecified atom stereocenters. The van der Waals surface area contributed by atoms with Crippen LogP contribution in [0, 0.1) is 0 Å². The Hall–Kier alpha value is -0.610. The zero-order valence-corrected chi connectivity index (χ0v) is 12.9. The van der Waals surface area contributed by atoms with E-state index < -0.39 is 0 Å². The Labute approximate surface area is 123 Å². The predicted octanol–water partition coefficient (Wildman–Crippen LogP) is 2.33. The quantitative estimate of drug-likeness (QED) is 0.813. The Bertz CT molecular complexity index is 284. The first-order valence-corrected chi connectivity index (χ1v) is 8.43. The summed E-state index contributed by atoms with van der Waals surface area (Å²) < 4.78 is 5.73. The van der Waals surface area contributed by atoms with E-state index in [1.54, 1.807) is 0 Å². The van der Waals surface area contributed by atoms with Gasteiger partial charge in [-0.1, -0.05) is 6.92 Å².